The van der Waals surface area contributed by atoms with Gasteiger partial charge in [0.05, 0.1) is 4.92 Å². The van der Waals surface area contributed by atoms with Gasteiger partial charge in [0.15, 0.2) is 0 Å². The van der Waals surface area contributed by atoms with Crippen molar-refractivity contribution in [3.05, 3.63) is 39.9 Å². The van der Waals surface area contributed by atoms with E-state index in [0.29, 0.717) is 11.4 Å². The molecule has 114 valence electrons. The number of alkyl halides is 1. The van der Waals surface area contributed by atoms with Crippen LogP contribution in [0.15, 0.2) is 24.3 Å². The largest absolute Gasteiger partial charge is 0.349 e. The normalized spacial score (nSPS) is 16.6. The smallest absolute Gasteiger partial charge is 0.269 e. The predicted molar refractivity (Wildman–Crippen MR) is 80.7 cm³/mol. The molecule has 0 aliphatic carbocycles. The van der Waals surface area contributed by atoms with Gasteiger partial charge in [-0.15, -0.1) is 11.6 Å². The number of nitrogens with zero attached hydrogens (tertiary/aromatic N) is 2. The Hall–Kier alpha value is -1.66. The summed E-state index contributed by atoms with van der Waals surface area (Å²) < 4.78 is 0. The summed E-state index contributed by atoms with van der Waals surface area (Å²) in [6.45, 7) is 2.74. The minimum absolute atomic E-state index is 0.0130. The van der Waals surface area contributed by atoms with Gasteiger partial charge in [-0.2, -0.15) is 0 Å². The zero-order valence-corrected chi connectivity index (χ0v) is 12.4. The third-order valence-corrected chi connectivity index (χ3v) is 3.83. The second-order valence-electron chi connectivity index (χ2n) is 5.08. The fourth-order valence-corrected chi connectivity index (χ4v) is 2.66. The summed E-state index contributed by atoms with van der Waals surface area (Å²) >= 11 is 5.71. The van der Waals surface area contributed by atoms with Crippen LogP contribution >= 0.6 is 11.6 Å². The Morgan fingerprint density at radius 1 is 1.33 bits per heavy atom. The second-order valence-corrected chi connectivity index (χ2v) is 5.46. The van der Waals surface area contributed by atoms with E-state index in [1.807, 2.05) is 0 Å². The van der Waals surface area contributed by atoms with Crippen molar-refractivity contribution in [1.29, 1.82) is 0 Å². The van der Waals surface area contributed by atoms with Crippen LogP contribution in [0.4, 0.5) is 5.69 Å². The highest BCUT2D eigenvalue weighted by molar-refractivity contribution is 6.18. The fourth-order valence-electron chi connectivity index (χ4n) is 2.42. The third kappa shape index (κ3) is 4.41. The van der Waals surface area contributed by atoms with E-state index in [9.17, 15) is 14.9 Å². The number of amides is 1. The maximum absolute atomic E-state index is 12.1. The van der Waals surface area contributed by atoms with Crippen LogP contribution in [0.5, 0.6) is 0 Å². The van der Waals surface area contributed by atoms with Gasteiger partial charge in [-0.25, -0.2) is 0 Å². The number of carbonyl (C=O) groups excluding carboxylic acids is 1. The van der Waals surface area contributed by atoms with Crippen LogP contribution in [0.1, 0.15) is 23.2 Å². The molecule has 0 unspecified atom stereocenters. The van der Waals surface area contributed by atoms with Crippen molar-refractivity contribution >= 4 is 23.2 Å². The van der Waals surface area contributed by atoms with Gasteiger partial charge >= 0.3 is 0 Å². The molecule has 0 atom stereocenters. The van der Waals surface area contributed by atoms with Gasteiger partial charge in [0, 0.05) is 49.3 Å². The number of halogens is 1. The molecule has 1 aliphatic rings. The molecule has 7 heteroatoms. The number of non-ortho nitro benzene ring substituents is 1. The van der Waals surface area contributed by atoms with Gasteiger partial charge in [-0.05, 0) is 25.0 Å². The van der Waals surface area contributed by atoms with Crippen LogP contribution in [0.25, 0.3) is 0 Å². The lowest BCUT2D eigenvalue weighted by Gasteiger charge is -2.31. The van der Waals surface area contributed by atoms with Crippen molar-refractivity contribution in [2.45, 2.75) is 18.9 Å². The zero-order chi connectivity index (χ0) is 15.2. The Kier molecular flexibility index (Phi) is 5.52. The zero-order valence-electron chi connectivity index (χ0n) is 11.6. The summed E-state index contributed by atoms with van der Waals surface area (Å²) in [6.07, 6.45) is 1.80. The van der Waals surface area contributed by atoms with E-state index in [4.69, 9.17) is 11.6 Å². The maximum Gasteiger partial charge on any atom is 0.269 e. The highest BCUT2D eigenvalue weighted by atomic mass is 35.5. The van der Waals surface area contributed by atoms with Crippen LogP contribution < -0.4 is 5.32 Å². The maximum atomic E-state index is 12.1. The summed E-state index contributed by atoms with van der Waals surface area (Å²) in [7, 11) is 0. The summed E-state index contributed by atoms with van der Waals surface area (Å²) in [6, 6.07) is 5.81. The first-order valence-corrected chi connectivity index (χ1v) is 7.47. The van der Waals surface area contributed by atoms with Crippen molar-refractivity contribution in [3.63, 3.8) is 0 Å². The molecule has 1 fully saturated rings. The molecule has 1 N–H and O–H groups in total. The number of rotatable bonds is 5. The number of carbonyl (C=O) groups is 1. The Morgan fingerprint density at radius 3 is 2.48 bits per heavy atom. The van der Waals surface area contributed by atoms with Gasteiger partial charge in [0.25, 0.3) is 11.6 Å². The summed E-state index contributed by atoms with van der Waals surface area (Å²) in [4.78, 5) is 24.5. The minimum atomic E-state index is -0.478. The molecule has 0 spiro atoms. The molecule has 0 bridgehead atoms. The Balaban J connectivity index is 1.86. The number of hydrogen-bond acceptors (Lipinski definition) is 4. The van der Waals surface area contributed by atoms with Gasteiger partial charge in [-0.3, -0.25) is 14.9 Å². The molecule has 0 aromatic heterocycles. The van der Waals surface area contributed by atoms with Crippen LogP contribution in [0.2, 0.25) is 0 Å². The topological polar surface area (TPSA) is 75.5 Å². The number of benzene rings is 1. The predicted octanol–water partition coefficient (Wildman–Crippen LogP) is 2.03. The van der Waals surface area contributed by atoms with Gasteiger partial charge < -0.3 is 10.2 Å². The van der Waals surface area contributed by atoms with Gasteiger partial charge in [0.2, 0.25) is 0 Å². The molecule has 0 saturated carbocycles. The number of nitrogens with one attached hydrogen (secondary N) is 1. The number of piperidine rings is 1. The lowest BCUT2D eigenvalue weighted by Crippen LogP contribution is -2.45. The molecule has 0 radical (unpaired) electrons. The molecule has 21 heavy (non-hydrogen) atoms. The van der Waals surface area contributed by atoms with Crippen molar-refractivity contribution < 1.29 is 9.72 Å². The van der Waals surface area contributed by atoms with E-state index < -0.39 is 4.92 Å². The van der Waals surface area contributed by atoms with E-state index in [-0.39, 0.29) is 17.6 Å². The fraction of sp³-hybridized carbons (Fsp3) is 0.500. The number of nitro groups is 1. The van der Waals surface area contributed by atoms with Crippen molar-refractivity contribution in [2.75, 3.05) is 25.5 Å². The van der Waals surface area contributed by atoms with E-state index in [1.165, 1.54) is 24.3 Å². The van der Waals surface area contributed by atoms with Crippen LogP contribution in [0.3, 0.4) is 0 Å². The molecule has 6 nitrogen and oxygen atoms in total. The molecule has 1 heterocycles. The van der Waals surface area contributed by atoms with E-state index in [2.05, 4.69) is 10.2 Å². The van der Waals surface area contributed by atoms with E-state index in [1.54, 1.807) is 0 Å². The minimum Gasteiger partial charge on any atom is -0.349 e. The Bertz CT molecular complexity index is 499. The number of hydrogen-bond donors (Lipinski definition) is 1. The van der Waals surface area contributed by atoms with Gasteiger partial charge in [-0.1, -0.05) is 0 Å². The first-order chi connectivity index (χ1) is 10.1. The van der Waals surface area contributed by atoms with Crippen LogP contribution in [-0.4, -0.2) is 47.3 Å². The average molecular weight is 312 g/mol. The Labute approximate surface area is 128 Å². The first kappa shape index (κ1) is 15.7. The molecule has 1 aromatic carbocycles. The molecule has 1 aromatic rings. The highest BCUT2D eigenvalue weighted by Gasteiger charge is 2.20. The summed E-state index contributed by atoms with van der Waals surface area (Å²) in [5.74, 6) is 0.445. The van der Waals surface area contributed by atoms with Gasteiger partial charge in [0.1, 0.15) is 0 Å². The van der Waals surface area contributed by atoms with E-state index >= 15 is 0 Å². The molecule has 1 amide bonds. The SMILES string of the molecule is O=C(NC1CCN(CCCl)CC1)c1ccc([N+](=O)[O-])cc1. The first-order valence-electron chi connectivity index (χ1n) is 6.94. The molecule has 1 saturated heterocycles. The van der Waals surface area contributed by atoms with E-state index in [0.717, 1.165) is 32.5 Å². The third-order valence-electron chi connectivity index (χ3n) is 3.66. The second kappa shape index (κ2) is 7.38. The number of nitro benzene ring substituents is 1. The average Bonchev–Trinajstić information content (AvgIpc) is 2.49. The molecular formula is C14H18ClN3O3. The quantitative estimate of drug-likeness (QED) is 0.513. The Morgan fingerprint density at radius 2 is 1.95 bits per heavy atom. The lowest BCUT2D eigenvalue weighted by molar-refractivity contribution is -0.384. The van der Waals surface area contributed by atoms with Crippen LogP contribution in [0, 0.1) is 10.1 Å². The summed E-state index contributed by atoms with van der Waals surface area (Å²) in [5.41, 5.74) is 0.435. The molecule has 1 aliphatic heterocycles. The molecule has 2 rings (SSSR count). The van der Waals surface area contributed by atoms with Crippen molar-refractivity contribution in [1.82, 2.24) is 10.2 Å². The lowest BCUT2D eigenvalue weighted by atomic mass is 10.0. The highest BCUT2D eigenvalue weighted by Crippen LogP contribution is 2.14. The monoisotopic (exact) mass is 311 g/mol. The van der Waals surface area contributed by atoms with Crippen molar-refractivity contribution in [3.8, 4) is 0 Å². The summed E-state index contributed by atoms with van der Waals surface area (Å²) in [5, 5.41) is 13.6. The standard InChI is InChI=1S/C14H18ClN3O3/c15-7-10-17-8-5-12(6-9-17)16-14(19)11-1-3-13(4-2-11)18(20)21/h1-4,12H,5-10H2,(H,16,19). The van der Waals surface area contributed by atoms with Crippen molar-refractivity contribution in [2.24, 2.45) is 0 Å². The van der Waals surface area contributed by atoms with Crippen LogP contribution in [-0.2, 0) is 0 Å². The molecular weight excluding hydrogens is 294 g/mol. The number of likely N-dealkylation sites (tertiary alicyclic amines) is 1.